The van der Waals surface area contributed by atoms with Crippen LogP contribution in [0.5, 0.6) is 0 Å². The number of unbranched alkanes of at least 4 members (excludes halogenated alkanes) is 17. The Kier molecular flexibility index (Phi) is 44.4. The molecule has 6 unspecified atom stereocenters. The predicted octanol–water partition coefficient (Wildman–Crippen LogP) is 14.1. The quantitative estimate of drug-likeness (QED) is 0.0228. The van der Waals surface area contributed by atoms with Gasteiger partial charge in [-0.3, -0.25) is 14.4 Å². The maximum Gasteiger partial charge on any atom is 0.335 e. The number of carboxylic acids is 1. The molecule has 0 bridgehead atoms. The molecular formula is C61H98O12. The first-order valence-electron chi connectivity index (χ1n) is 28.2. The van der Waals surface area contributed by atoms with Crippen molar-refractivity contribution in [2.45, 2.75) is 250 Å². The Morgan fingerprint density at radius 1 is 0.479 bits per heavy atom. The molecule has 0 aromatic rings. The van der Waals surface area contributed by atoms with Crippen molar-refractivity contribution in [1.29, 1.82) is 0 Å². The van der Waals surface area contributed by atoms with E-state index >= 15 is 0 Å². The normalized spacial score (nSPS) is 19.1. The summed E-state index contributed by atoms with van der Waals surface area (Å²) >= 11 is 0. The van der Waals surface area contributed by atoms with Crippen molar-refractivity contribution >= 4 is 23.9 Å². The molecule has 6 atom stereocenters. The smallest absolute Gasteiger partial charge is 0.335 e. The Balaban J connectivity index is 2.72. The second kappa shape index (κ2) is 48.6. The minimum atomic E-state index is -1.92. The molecule has 1 aliphatic rings. The number of esters is 3. The molecule has 1 rings (SSSR count). The molecule has 0 spiro atoms. The van der Waals surface area contributed by atoms with E-state index < -0.39 is 67.3 Å². The molecule has 1 aliphatic heterocycles. The molecule has 0 aromatic carbocycles. The molecule has 414 valence electrons. The van der Waals surface area contributed by atoms with E-state index in [1.165, 1.54) is 51.4 Å². The lowest BCUT2D eigenvalue weighted by molar-refractivity contribution is -0.301. The zero-order chi connectivity index (χ0) is 53.3. The van der Waals surface area contributed by atoms with Crippen LogP contribution in [0.25, 0.3) is 0 Å². The third-order valence-corrected chi connectivity index (χ3v) is 12.2. The number of carboxylic acid groups (broad SMARTS) is 1. The number of carbonyl (C=O) groups is 4. The van der Waals surface area contributed by atoms with Crippen LogP contribution < -0.4 is 0 Å². The third kappa shape index (κ3) is 38.8. The Hall–Kier alpha value is -4.36. The maximum absolute atomic E-state index is 13.0. The SMILES string of the molecule is CC/C=C\C/C=C\C/C=C\C/C=C\C/C=C\CC(=O)OCC(COC1OC(C(=O)O)C(O)C(O)C1OC(=O)CCCCCCCC/C=C\C/C=C\C/C=C\CCCCC)OC(=O)CCCCCCCCCCC. The van der Waals surface area contributed by atoms with Crippen LogP contribution in [0.1, 0.15) is 213 Å². The Bertz CT molecular complexity index is 1640. The Morgan fingerprint density at radius 3 is 1.41 bits per heavy atom. The molecule has 0 aromatic heterocycles. The van der Waals surface area contributed by atoms with Crippen molar-refractivity contribution in [2.24, 2.45) is 0 Å². The maximum atomic E-state index is 13.0. The summed E-state index contributed by atoms with van der Waals surface area (Å²) < 4.78 is 28.2. The van der Waals surface area contributed by atoms with Gasteiger partial charge < -0.3 is 39.0 Å². The van der Waals surface area contributed by atoms with Crippen LogP contribution in [0.3, 0.4) is 0 Å². The van der Waals surface area contributed by atoms with Crippen LogP contribution in [0.4, 0.5) is 0 Å². The highest BCUT2D eigenvalue weighted by Gasteiger charge is 2.50. The summed E-state index contributed by atoms with van der Waals surface area (Å²) in [6.07, 6.45) is 51.3. The van der Waals surface area contributed by atoms with Gasteiger partial charge in [-0.15, -0.1) is 0 Å². The third-order valence-electron chi connectivity index (χ3n) is 12.2. The topological polar surface area (TPSA) is 175 Å². The highest BCUT2D eigenvalue weighted by Crippen LogP contribution is 2.26. The fraction of sp³-hybridized carbons (Fsp3) is 0.672. The van der Waals surface area contributed by atoms with Crippen LogP contribution in [-0.4, -0.2) is 89.2 Å². The number of aliphatic carboxylic acids is 1. The van der Waals surface area contributed by atoms with Gasteiger partial charge in [-0.1, -0.05) is 208 Å². The van der Waals surface area contributed by atoms with Gasteiger partial charge in [-0.2, -0.15) is 0 Å². The Morgan fingerprint density at radius 2 is 0.904 bits per heavy atom. The number of aliphatic hydroxyl groups excluding tert-OH is 2. The van der Waals surface area contributed by atoms with E-state index in [1.807, 2.05) is 12.2 Å². The van der Waals surface area contributed by atoms with Crippen molar-refractivity contribution in [2.75, 3.05) is 13.2 Å². The van der Waals surface area contributed by atoms with E-state index in [9.17, 15) is 34.5 Å². The minimum Gasteiger partial charge on any atom is -0.479 e. The fourth-order valence-corrected chi connectivity index (χ4v) is 7.86. The lowest BCUT2D eigenvalue weighted by atomic mass is 9.98. The van der Waals surface area contributed by atoms with Crippen molar-refractivity contribution in [3.63, 3.8) is 0 Å². The van der Waals surface area contributed by atoms with E-state index in [2.05, 4.69) is 99.8 Å². The molecule has 73 heavy (non-hydrogen) atoms. The van der Waals surface area contributed by atoms with Crippen molar-refractivity contribution in [1.82, 2.24) is 0 Å². The van der Waals surface area contributed by atoms with Gasteiger partial charge in [0.2, 0.25) is 0 Å². The number of carbonyl (C=O) groups excluding carboxylic acids is 3. The van der Waals surface area contributed by atoms with Crippen LogP contribution in [0.2, 0.25) is 0 Å². The molecule has 1 heterocycles. The van der Waals surface area contributed by atoms with E-state index in [-0.39, 0.29) is 25.9 Å². The second-order valence-electron chi connectivity index (χ2n) is 18.9. The van der Waals surface area contributed by atoms with Gasteiger partial charge in [0.15, 0.2) is 24.6 Å². The highest BCUT2D eigenvalue weighted by molar-refractivity contribution is 5.74. The summed E-state index contributed by atoms with van der Waals surface area (Å²) in [6, 6.07) is 0. The summed E-state index contributed by atoms with van der Waals surface area (Å²) in [5, 5.41) is 31.4. The summed E-state index contributed by atoms with van der Waals surface area (Å²) in [5.41, 5.74) is 0. The van der Waals surface area contributed by atoms with Gasteiger partial charge in [0, 0.05) is 12.8 Å². The van der Waals surface area contributed by atoms with Gasteiger partial charge in [-0.25, -0.2) is 4.79 Å². The predicted molar refractivity (Wildman–Crippen MR) is 294 cm³/mol. The Labute approximate surface area is 441 Å². The first-order valence-corrected chi connectivity index (χ1v) is 28.2. The standard InChI is InChI=1S/C61H98O12/c1-4-7-10-13-16-19-21-23-25-26-27-28-30-32-34-37-40-43-46-49-55(64)72-59-57(66)56(65)58(60(67)68)73-61(59)70-51-52(71-54(63)48-45-42-39-35-18-15-12-9-6-3)50-69-53(62)47-44-41-38-36-33-31-29-24-22-20-17-14-11-8-5-2/h8,11,16-17,19-20,23-25,27-29,33,36,41,44,52,56-59,61,65-66H,4-7,9-10,12-15,18,21-22,26,30-32,34-35,37-40,42-43,45-51H2,1-3H3,(H,67,68)/b11-8-,19-16-,20-17-,25-23-,28-27-,29-24-,36-33-,44-41-. The van der Waals surface area contributed by atoms with Gasteiger partial charge in [0.25, 0.3) is 0 Å². The molecule has 0 aliphatic carbocycles. The average molecular weight is 1020 g/mol. The lowest BCUT2D eigenvalue weighted by Gasteiger charge is -2.40. The first kappa shape index (κ1) is 66.7. The molecule has 0 amide bonds. The molecule has 1 fully saturated rings. The van der Waals surface area contributed by atoms with Crippen LogP contribution in [-0.2, 0) is 42.9 Å². The van der Waals surface area contributed by atoms with E-state index in [0.717, 1.165) is 103 Å². The molecule has 12 nitrogen and oxygen atoms in total. The van der Waals surface area contributed by atoms with Gasteiger partial charge in [0.1, 0.15) is 18.8 Å². The molecule has 0 radical (unpaired) electrons. The lowest BCUT2D eigenvalue weighted by Crippen LogP contribution is -2.61. The van der Waals surface area contributed by atoms with Crippen molar-refractivity contribution in [3.8, 4) is 0 Å². The zero-order valence-corrected chi connectivity index (χ0v) is 45.3. The number of rotatable bonds is 46. The monoisotopic (exact) mass is 1020 g/mol. The molecule has 12 heteroatoms. The van der Waals surface area contributed by atoms with Crippen molar-refractivity contribution in [3.05, 3.63) is 97.2 Å². The van der Waals surface area contributed by atoms with E-state index in [0.29, 0.717) is 19.3 Å². The summed E-state index contributed by atoms with van der Waals surface area (Å²) in [4.78, 5) is 50.9. The zero-order valence-electron chi connectivity index (χ0n) is 45.3. The number of hydrogen-bond donors (Lipinski definition) is 3. The van der Waals surface area contributed by atoms with Gasteiger partial charge in [0.05, 0.1) is 13.0 Å². The summed E-state index contributed by atoms with van der Waals surface area (Å²) in [6.45, 7) is 5.71. The number of allylic oxidation sites excluding steroid dienone is 15. The molecule has 1 saturated heterocycles. The average Bonchev–Trinajstić information content (AvgIpc) is 3.37. The van der Waals surface area contributed by atoms with E-state index in [1.54, 1.807) is 6.08 Å². The molecular weight excluding hydrogens is 925 g/mol. The van der Waals surface area contributed by atoms with Crippen LogP contribution in [0, 0.1) is 0 Å². The second-order valence-corrected chi connectivity index (χ2v) is 18.9. The first-order chi connectivity index (χ1) is 35.6. The number of aliphatic hydroxyl groups is 2. The van der Waals surface area contributed by atoms with Crippen LogP contribution >= 0.6 is 0 Å². The van der Waals surface area contributed by atoms with Gasteiger partial charge in [-0.05, 0) is 83.5 Å². The van der Waals surface area contributed by atoms with E-state index in [4.69, 9.17) is 23.7 Å². The molecule has 0 saturated carbocycles. The van der Waals surface area contributed by atoms with Crippen molar-refractivity contribution < 1.29 is 58.2 Å². The summed E-state index contributed by atoms with van der Waals surface area (Å²) in [5.74, 6) is -3.31. The number of ether oxygens (including phenoxy) is 5. The molecule has 3 N–H and O–H groups in total. The van der Waals surface area contributed by atoms with Gasteiger partial charge >= 0.3 is 23.9 Å². The summed E-state index contributed by atoms with van der Waals surface area (Å²) in [7, 11) is 0. The van der Waals surface area contributed by atoms with Crippen LogP contribution in [0.15, 0.2) is 97.2 Å². The largest absolute Gasteiger partial charge is 0.479 e. The number of hydrogen-bond acceptors (Lipinski definition) is 11. The highest BCUT2D eigenvalue weighted by atomic mass is 16.7. The minimum absolute atomic E-state index is 0.0184. The fourth-order valence-electron chi connectivity index (χ4n) is 7.86.